The number of carboxylic acids is 1. The lowest BCUT2D eigenvalue weighted by Crippen LogP contribution is -2.35. The van der Waals surface area contributed by atoms with Gasteiger partial charge in [-0.05, 0) is 35.4 Å². The van der Waals surface area contributed by atoms with E-state index < -0.39 is 12.0 Å². The van der Waals surface area contributed by atoms with Crippen molar-refractivity contribution in [2.45, 2.75) is 18.9 Å². The molecule has 0 saturated carbocycles. The van der Waals surface area contributed by atoms with Gasteiger partial charge in [-0.15, -0.1) is 0 Å². The van der Waals surface area contributed by atoms with Gasteiger partial charge in [0.25, 0.3) is 0 Å². The number of methoxy groups -OCH3 is 2. The highest BCUT2D eigenvalue weighted by molar-refractivity contribution is 5.79. The van der Waals surface area contributed by atoms with Crippen molar-refractivity contribution in [2.75, 3.05) is 14.2 Å². The number of hydrogen-bond donors (Lipinski definition) is 1. The second kappa shape index (κ2) is 8.73. The average molecular weight is 342 g/mol. The Bertz CT molecular complexity index is 710. The largest absolute Gasteiger partial charge is 0.550 e. The molecule has 0 aliphatic rings. The van der Waals surface area contributed by atoms with E-state index in [1.54, 1.807) is 62.8 Å². The molecule has 0 fully saturated rings. The van der Waals surface area contributed by atoms with Gasteiger partial charge in [0, 0.05) is 12.4 Å². The first-order valence-corrected chi connectivity index (χ1v) is 7.78. The Labute approximate surface area is 146 Å². The quantitative estimate of drug-likeness (QED) is 0.780. The number of nitrogens with one attached hydrogen (secondary N) is 1. The molecule has 0 radical (unpaired) electrons. The van der Waals surface area contributed by atoms with Crippen molar-refractivity contribution < 1.29 is 24.2 Å². The SMILES string of the molecule is COc1ccc(CC(=O)NC(CC(=O)[O-])c2ccc(OC)cc2)cc1. The first-order chi connectivity index (χ1) is 12.0. The molecule has 1 amide bonds. The zero-order valence-electron chi connectivity index (χ0n) is 14.2. The van der Waals surface area contributed by atoms with Gasteiger partial charge in [0.2, 0.25) is 5.91 Å². The lowest BCUT2D eigenvalue weighted by Gasteiger charge is -2.20. The number of carbonyl (C=O) groups is 2. The lowest BCUT2D eigenvalue weighted by molar-refractivity contribution is -0.306. The van der Waals surface area contributed by atoms with E-state index in [1.807, 2.05) is 0 Å². The van der Waals surface area contributed by atoms with Gasteiger partial charge in [-0.1, -0.05) is 24.3 Å². The highest BCUT2D eigenvalue weighted by Crippen LogP contribution is 2.20. The van der Waals surface area contributed by atoms with Crippen LogP contribution in [0.5, 0.6) is 11.5 Å². The summed E-state index contributed by atoms with van der Waals surface area (Å²) < 4.78 is 10.2. The number of carbonyl (C=O) groups excluding carboxylic acids is 2. The van der Waals surface area contributed by atoms with Crippen molar-refractivity contribution in [1.29, 1.82) is 0 Å². The third-order valence-corrected chi connectivity index (χ3v) is 3.75. The molecule has 2 rings (SSSR count). The molecule has 132 valence electrons. The Morgan fingerprint density at radius 3 is 1.96 bits per heavy atom. The predicted molar refractivity (Wildman–Crippen MR) is 90.2 cm³/mol. The van der Waals surface area contributed by atoms with Crippen LogP contribution < -0.4 is 19.9 Å². The van der Waals surface area contributed by atoms with Crippen LogP contribution in [0, 0.1) is 0 Å². The molecule has 6 heteroatoms. The molecule has 0 saturated heterocycles. The summed E-state index contributed by atoms with van der Waals surface area (Å²) >= 11 is 0. The fourth-order valence-electron chi connectivity index (χ4n) is 2.43. The van der Waals surface area contributed by atoms with Crippen LogP contribution in [0.25, 0.3) is 0 Å². The number of amides is 1. The molecule has 1 atom stereocenters. The highest BCUT2D eigenvalue weighted by atomic mass is 16.5. The van der Waals surface area contributed by atoms with Gasteiger partial charge in [-0.3, -0.25) is 4.79 Å². The Balaban J connectivity index is 2.06. The molecule has 2 aromatic carbocycles. The number of aliphatic carboxylic acids is 1. The van der Waals surface area contributed by atoms with Crippen LogP contribution in [-0.4, -0.2) is 26.1 Å². The Morgan fingerprint density at radius 1 is 0.960 bits per heavy atom. The summed E-state index contributed by atoms with van der Waals surface area (Å²) in [5, 5.41) is 13.8. The van der Waals surface area contributed by atoms with Crippen molar-refractivity contribution in [2.24, 2.45) is 0 Å². The fraction of sp³-hybridized carbons (Fsp3) is 0.263. The van der Waals surface area contributed by atoms with Crippen LogP contribution >= 0.6 is 0 Å². The molecule has 1 unspecified atom stereocenters. The van der Waals surface area contributed by atoms with Gasteiger partial charge >= 0.3 is 0 Å². The maximum Gasteiger partial charge on any atom is 0.224 e. The van der Waals surface area contributed by atoms with Crippen molar-refractivity contribution >= 4 is 11.9 Å². The number of carboxylic acid groups (broad SMARTS) is 1. The lowest BCUT2D eigenvalue weighted by atomic mass is 10.0. The monoisotopic (exact) mass is 342 g/mol. The number of hydrogen-bond acceptors (Lipinski definition) is 5. The van der Waals surface area contributed by atoms with Crippen LogP contribution in [0.4, 0.5) is 0 Å². The van der Waals surface area contributed by atoms with E-state index in [2.05, 4.69) is 5.32 Å². The molecule has 0 aromatic heterocycles. The van der Waals surface area contributed by atoms with Crippen LogP contribution in [0.1, 0.15) is 23.6 Å². The molecule has 0 bridgehead atoms. The predicted octanol–water partition coefficient (Wildman–Crippen LogP) is 1.24. The van der Waals surface area contributed by atoms with Crippen LogP contribution in [-0.2, 0) is 16.0 Å². The summed E-state index contributed by atoms with van der Waals surface area (Å²) in [6, 6.07) is 13.3. The number of ether oxygens (including phenoxy) is 2. The summed E-state index contributed by atoms with van der Waals surface area (Å²) in [7, 11) is 3.12. The first-order valence-electron chi connectivity index (χ1n) is 7.78. The van der Waals surface area contributed by atoms with Crippen LogP contribution in [0.2, 0.25) is 0 Å². The minimum Gasteiger partial charge on any atom is -0.550 e. The van der Waals surface area contributed by atoms with Crippen molar-refractivity contribution in [1.82, 2.24) is 5.32 Å². The second-order valence-corrected chi connectivity index (χ2v) is 5.49. The fourth-order valence-corrected chi connectivity index (χ4v) is 2.43. The van der Waals surface area contributed by atoms with Gasteiger partial charge in [0.05, 0.1) is 26.7 Å². The van der Waals surface area contributed by atoms with Crippen LogP contribution in [0.3, 0.4) is 0 Å². The van der Waals surface area contributed by atoms with Crippen LogP contribution in [0.15, 0.2) is 48.5 Å². The molecule has 0 aliphatic carbocycles. The molecule has 0 heterocycles. The van der Waals surface area contributed by atoms with Gasteiger partial charge in [0.1, 0.15) is 11.5 Å². The van der Waals surface area contributed by atoms with E-state index in [0.29, 0.717) is 17.1 Å². The van der Waals surface area contributed by atoms with E-state index in [9.17, 15) is 14.7 Å². The molecule has 0 spiro atoms. The standard InChI is InChI=1S/C19H21NO5/c1-24-15-7-3-13(4-8-15)11-18(21)20-17(12-19(22)23)14-5-9-16(25-2)10-6-14/h3-10,17H,11-12H2,1-2H3,(H,20,21)(H,22,23)/p-1. The number of benzene rings is 2. The van der Waals surface area contributed by atoms with E-state index in [-0.39, 0.29) is 18.7 Å². The first kappa shape index (κ1) is 18.3. The molecule has 1 N–H and O–H groups in total. The van der Waals surface area contributed by atoms with Gasteiger partial charge in [-0.25, -0.2) is 0 Å². The maximum atomic E-state index is 12.3. The van der Waals surface area contributed by atoms with Gasteiger partial charge < -0.3 is 24.7 Å². The maximum absolute atomic E-state index is 12.3. The normalized spacial score (nSPS) is 11.4. The molecular formula is C19H20NO5-. The van der Waals surface area contributed by atoms with Crippen molar-refractivity contribution in [3.05, 3.63) is 59.7 Å². The second-order valence-electron chi connectivity index (χ2n) is 5.49. The summed E-state index contributed by atoms with van der Waals surface area (Å²) in [4.78, 5) is 23.3. The van der Waals surface area contributed by atoms with Crippen molar-refractivity contribution in [3.63, 3.8) is 0 Å². The molecule has 6 nitrogen and oxygen atoms in total. The summed E-state index contributed by atoms with van der Waals surface area (Å²) in [5.41, 5.74) is 1.48. The molecule has 0 aliphatic heterocycles. The Hall–Kier alpha value is -3.02. The third-order valence-electron chi connectivity index (χ3n) is 3.75. The minimum atomic E-state index is -1.23. The third kappa shape index (κ3) is 5.53. The number of rotatable bonds is 8. The van der Waals surface area contributed by atoms with E-state index in [1.165, 1.54) is 0 Å². The molecular weight excluding hydrogens is 322 g/mol. The van der Waals surface area contributed by atoms with E-state index >= 15 is 0 Å². The highest BCUT2D eigenvalue weighted by Gasteiger charge is 2.15. The van der Waals surface area contributed by atoms with E-state index in [4.69, 9.17) is 9.47 Å². The molecule has 25 heavy (non-hydrogen) atoms. The smallest absolute Gasteiger partial charge is 0.224 e. The van der Waals surface area contributed by atoms with E-state index in [0.717, 1.165) is 5.56 Å². The van der Waals surface area contributed by atoms with Gasteiger partial charge in [-0.2, -0.15) is 0 Å². The summed E-state index contributed by atoms with van der Waals surface area (Å²) in [5.74, 6) is -0.143. The Morgan fingerprint density at radius 2 is 1.48 bits per heavy atom. The summed E-state index contributed by atoms with van der Waals surface area (Å²) in [6.07, 6.45) is -0.162. The van der Waals surface area contributed by atoms with Gasteiger partial charge in [0.15, 0.2) is 0 Å². The zero-order valence-corrected chi connectivity index (χ0v) is 14.2. The van der Waals surface area contributed by atoms with Crippen molar-refractivity contribution in [3.8, 4) is 11.5 Å². The average Bonchev–Trinajstić information content (AvgIpc) is 2.61. The topological polar surface area (TPSA) is 87.7 Å². The summed E-state index contributed by atoms with van der Waals surface area (Å²) in [6.45, 7) is 0. The molecule has 2 aromatic rings. The Kier molecular flexibility index (Phi) is 6.39. The minimum absolute atomic E-state index is 0.143. The zero-order chi connectivity index (χ0) is 18.2.